The van der Waals surface area contributed by atoms with E-state index in [1.54, 1.807) is 17.0 Å². The number of halogens is 1. The van der Waals surface area contributed by atoms with E-state index in [1.807, 2.05) is 19.9 Å². The van der Waals surface area contributed by atoms with Gasteiger partial charge in [0, 0.05) is 37.9 Å². The molecule has 1 N–H and O–H groups in total. The van der Waals surface area contributed by atoms with Crippen molar-refractivity contribution in [3.63, 3.8) is 0 Å². The van der Waals surface area contributed by atoms with Crippen LogP contribution in [-0.2, 0) is 4.79 Å². The number of carbonyl (C=O) groups is 2. The second kappa shape index (κ2) is 7.86. The highest BCUT2D eigenvalue weighted by molar-refractivity contribution is 9.10. The van der Waals surface area contributed by atoms with Crippen molar-refractivity contribution in [3.05, 3.63) is 40.1 Å². The number of piperazine rings is 1. The summed E-state index contributed by atoms with van der Waals surface area (Å²) in [5, 5.41) is 2.59. The van der Waals surface area contributed by atoms with E-state index in [1.165, 1.54) is 0 Å². The Balaban J connectivity index is 1.49. The summed E-state index contributed by atoms with van der Waals surface area (Å²) in [7, 11) is 0. The fourth-order valence-electron chi connectivity index (χ4n) is 2.84. The van der Waals surface area contributed by atoms with Crippen molar-refractivity contribution in [2.24, 2.45) is 0 Å². The molecule has 1 aliphatic heterocycles. The fraction of sp³-hybridized carbons (Fsp3) is 0.412. The predicted molar refractivity (Wildman–Crippen MR) is 99.0 cm³/mol. The minimum Gasteiger partial charge on any atom is -0.444 e. The third-order valence-electron chi connectivity index (χ3n) is 4.11. The summed E-state index contributed by atoms with van der Waals surface area (Å²) >= 11 is 3.14. The molecule has 1 aliphatic rings. The quantitative estimate of drug-likeness (QED) is 0.804. The van der Waals surface area contributed by atoms with Crippen molar-refractivity contribution >= 4 is 33.6 Å². The topological polar surface area (TPSA) is 91.6 Å². The highest BCUT2D eigenvalue weighted by Gasteiger charge is 2.23. The lowest BCUT2D eigenvalue weighted by Crippen LogP contribution is -2.51. The van der Waals surface area contributed by atoms with Crippen LogP contribution in [0.2, 0.25) is 0 Å². The number of carbonyl (C=O) groups excluding carboxylic acids is 2. The van der Waals surface area contributed by atoms with Crippen molar-refractivity contribution in [1.82, 2.24) is 20.2 Å². The maximum Gasteiger partial charge on any atom is 0.287 e. The molecule has 0 unspecified atom stereocenters. The normalized spacial score (nSPS) is 14.4. The zero-order chi connectivity index (χ0) is 18.7. The number of aryl methyl sites for hydroxylation is 2. The number of anilines is 1. The van der Waals surface area contributed by atoms with Gasteiger partial charge in [-0.3, -0.25) is 9.59 Å². The molecule has 9 heteroatoms. The van der Waals surface area contributed by atoms with E-state index in [2.05, 4.69) is 36.1 Å². The number of furan rings is 1. The van der Waals surface area contributed by atoms with Gasteiger partial charge in [-0.2, -0.15) is 0 Å². The second-order valence-corrected chi connectivity index (χ2v) is 6.85. The first-order chi connectivity index (χ1) is 12.4. The third kappa shape index (κ3) is 4.40. The largest absolute Gasteiger partial charge is 0.444 e. The minimum atomic E-state index is -0.408. The molecule has 0 atom stereocenters. The van der Waals surface area contributed by atoms with Crippen molar-refractivity contribution in [2.45, 2.75) is 13.8 Å². The van der Waals surface area contributed by atoms with E-state index in [0.29, 0.717) is 30.8 Å². The number of amides is 2. The van der Waals surface area contributed by atoms with Gasteiger partial charge in [0.1, 0.15) is 11.6 Å². The van der Waals surface area contributed by atoms with E-state index in [9.17, 15) is 9.59 Å². The number of nitrogens with zero attached hydrogens (tertiary/aromatic N) is 4. The van der Waals surface area contributed by atoms with Crippen LogP contribution in [0.5, 0.6) is 0 Å². The monoisotopic (exact) mass is 421 g/mol. The average Bonchev–Trinajstić information content (AvgIpc) is 3.05. The molecule has 26 heavy (non-hydrogen) atoms. The molecule has 3 rings (SSSR count). The van der Waals surface area contributed by atoms with E-state index >= 15 is 0 Å². The van der Waals surface area contributed by atoms with Gasteiger partial charge in [0.15, 0.2) is 10.4 Å². The summed E-state index contributed by atoms with van der Waals surface area (Å²) in [4.78, 5) is 36.9. The minimum absolute atomic E-state index is 0.0527. The number of hydrogen-bond acceptors (Lipinski definition) is 6. The zero-order valence-corrected chi connectivity index (χ0v) is 16.2. The van der Waals surface area contributed by atoms with Crippen LogP contribution in [0.15, 0.2) is 27.3 Å². The van der Waals surface area contributed by atoms with Gasteiger partial charge >= 0.3 is 0 Å². The maximum atomic E-state index is 12.3. The second-order valence-electron chi connectivity index (χ2n) is 6.07. The summed E-state index contributed by atoms with van der Waals surface area (Å²) in [6.45, 7) is 6.32. The van der Waals surface area contributed by atoms with Crippen LogP contribution in [0, 0.1) is 13.8 Å². The first-order valence-electron chi connectivity index (χ1n) is 8.31. The van der Waals surface area contributed by atoms with Crippen molar-refractivity contribution in [2.75, 3.05) is 37.6 Å². The summed E-state index contributed by atoms with van der Waals surface area (Å²) in [6, 6.07) is 5.13. The Morgan fingerprint density at radius 3 is 2.54 bits per heavy atom. The summed E-state index contributed by atoms with van der Waals surface area (Å²) < 4.78 is 5.64. The molecule has 2 aromatic rings. The molecule has 1 fully saturated rings. The number of nitrogens with one attached hydrogen (secondary N) is 1. The fourth-order valence-corrected chi connectivity index (χ4v) is 3.14. The van der Waals surface area contributed by atoms with E-state index in [-0.39, 0.29) is 18.2 Å². The molecule has 0 saturated carbocycles. The average molecular weight is 422 g/mol. The van der Waals surface area contributed by atoms with Gasteiger partial charge in [-0.1, -0.05) is 0 Å². The van der Waals surface area contributed by atoms with Gasteiger partial charge < -0.3 is 19.5 Å². The number of rotatable bonds is 4. The van der Waals surface area contributed by atoms with Crippen LogP contribution in [0.25, 0.3) is 0 Å². The Bertz CT molecular complexity index is 794. The Hall–Kier alpha value is -2.42. The molecule has 0 aromatic carbocycles. The number of hydrogen-bond donors (Lipinski definition) is 1. The predicted octanol–water partition coefficient (Wildman–Crippen LogP) is 1.53. The van der Waals surface area contributed by atoms with Gasteiger partial charge in [0.25, 0.3) is 5.91 Å². The van der Waals surface area contributed by atoms with E-state index < -0.39 is 5.91 Å². The molecule has 8 nitrogen and oxygen atoms in total. The van der Waals surface area contributed by atoms with Crippen LogP contribution < -0.4 is 10.2 Å². The molecule has 0 radical (unpaired) electrons. The Labute approximate surface area is 159 Å². The first-order valence-corrected chi connectivity index (χ1v) is 9.10. The highest BCUT2D eigenvalue weighted by Crippen LogP contribution is 2.15. The molecule has 2 amide bonds. The number of aromatic nitrogens is 2. The molecule has 3 heterocycles. The van der Waals surface area contributed by atoms with Crippen LogP contribution in [-0.4, -0.2) is 59.4 Å². The molecule has 0 aliphatic carbocycles. The summed E-state index contributed by atoms with van der Waals surface area (Å²) in [5.74, 6) is 1.28. The van der Waals surface area contributed by atoms with Gasteiger partial charge in [0.2, 0.25) is 5.91 Å². The lowest BCUT2D eigenvalue weighted by molar-refractivity contribution is -0.130. The van der Waals surface area contributed by atoms with Crippen molar-refractivity contribution < 1.29 is 14.0 Å². The SMILES string of the molecule is Cc1cc(N2CCN(C(=O)CNC(=O)c3ccc(Br)o3)CC2)nc(C)n1. The lowest BCUT2D eigenvalue weighted by atomic mass is 10.3. The van der Waals surface area contributed by atoms with Crippen molar-refractivity contribution in [1.29, 1.82) is 0 Å². The molecule has 1 saturated heterocycles. The van der Waals surface area contributed by atoms with Gasteiger partial charge in [0.05, 0.1) is 6.54 Å². The van der Waals surface area contributed by atoms with E-state index in [0.717, 1.165) is 17.3 Å². The molecular formula is C17H20BrN5O3. The first kappa shape index (κ1) is 18.4. The van der Waals surface area contributed by atoms with E-state index in [4.69, 9.17) is 4.42 Å². The standard InChI is InChI=1S/C17H20BrN5O3/c1-11-9-15(21-12(2)20-11)22-5-7-23(8-6-22)16(24)10-19-17(25)13-3-4-14(18)26-13/h3-4,9H,5-8,10H2,1-2H3,(H,19,25). The molecular weight excluding hydrogens is 402 g/mol. The Morgan fingerprint density at radius 1 is 1.19 bits per heavy atom. The van der Waals surface area contributed by atoms with Gasteiger partial charge in [-0.25, -0.2) is 9.97 Å². The molecule has 138 valence electrons. The highest BCUT2D eigenvalue weighted by atomic mass is 79.9. The smallest absolute Gasteiger partial charge is 0.287 e. The molecule has 2 aromatic heterocycles. The van der Waals surface area contributed by atoms with Crippen molar-refractivity contribution in [3.8, 4) is 0 Å². The zero-order valence-electron chi connectivity index (χ0n) is 14.7. The van der Waals surface area contributed by atoms with Gasteiger partial charge in [-0.15, -0.1) is 0 Å². The lowest BCUT2D eigenvalue weighted by Gasteiger charge is -2.35. The van der Waals surface area contributed by atoms with Gasteiger partial charge in [-0.05, 0) is 41.9 Å². The summed E-state index contributed by atoms with van der Waals surface area (Å²) in [6.07, 6.45) is 0. The maximum absolute atomic E-state index is 12.3. The van der Waals surface area contributed by atoms with Crippen LogP contribution in [0.3, 0.4) is 0 Å². The van der Waals surface area contributed by atoms with Crippen LogP contribution in [0.4, 0.5) is 5.82 Å². The van der Waals surface area contributed by atoms with Crippen LogP contribution >= 0.6 is 15.9 Å². The molecule has 0 spiro atoms. The molecule has 0 bridgehead atoms. The Kier molecular flexibility index (Phi) is 5.55. The third-order valence-corrected chi connectivity index (χ3v) is 4.53. The summed E-state index contributed by atoms with van der Waals surface area (Å²) in [5.41, 5.74) is 0.929. The Morgan fingerprint density at radius 2 is 1.92 bits per heavy atom. The van der Waals surface area contributed by atoms with Crippen LogP contribution in [0.1, 0.15) is 22.1 Å².